The number of benzene rings is 1. The third kappa shape index (κ3) is 3.20. The second-order valence-electron chi connectivity index (χ2n) is 3.81. The fourth-order valence-electron chi connectivity index (χ4n) is 1.60. The maximum absolute atomic E-state index is 6.34. The summed E-state index contributed by atoms with van der Waals surface area (Å²) in [5, 5.41) is 3.02. The number of aryl methyl sites for hydroxylation is 1. The van der Waals surface area contributed by atoms with Crippen molar-refractivity contribution in [3.8, 4) is 5.75 Å². The van der Waals surface area contributed by atoms with Gasteiger partial charge in [-0.3, -0.25) is 0 Å². The van der Waals surface area contributed by atoms with Crippen molar-refractivity contribution in [1.29, 1.82) is 0 Å². The van der Waals surface area contributed by atoms with Crippen LogP contribution in [0.4, 0.5) is 0 Å². The third-order valence-corrected chi connectivity index (χ3v) is 3.70. The first-order valence-corrected chi connectivity index (χ1v) is 6.69. The van der Waals surface area contributed by atoms with Gasteiger partial charge in [-0.05, 0) is 31.0 Å². The van der Waals surface area contributed by atoms with Gasteiger partial charge in [-0.25, -0.2) is 4.98 Å². The van der Waals surface area contributed by atoms with Crippen LogP contribution in [-0.2, 0) is 6.42 Å². The summed E-state index contributed by atoms with van der Waals surface area (Å²) >= 11 is 7.97. The highest BCUT2D eigenvalue weighted by molar-refractivity contribution is 7.09. The summed E-state index contributed by atoms with van der Waals surface area (Å²) in [6, 6.07) is 7.97. The van der Waals surface area contributed by atoms with Crippen LogP contribution in [0.15, 0.2) is 29.6 Å². The van der Waals surface area contributed by atoms with Gasteiger partial charge in [0.1, 0.15) is 5.75 Å². The third-order valence-electron chi connectivity index (χ3n) is 2.53. The largest absolute Gasteiger partial charge is 0.497 e. The second kappa shape index (κ2) is 5.52. The summed E-state index contributed by atoms with van der Waals surface area (Å²) in [4.78, 5) is 4.40. The molecule has 1 heterocycles. The molecule has 90 valence electrons. The van der Waals surface area contributed by atoms with Crippen molar-refractivity contribution in [3.05, 3.63) is 45.9 Å². The quantitative estimate of drug-likeness (QED) is 0.782. The normalized spacial score (nSPS) is 12.4. The van der Waals surface area contributed by atoms with Gasteiger partial charge in [0.2, 0.25) is 0 Å². The average Bonchev–Trinajstić information content (AvgIpc) is 2.77. The van der Waals surface area contributed by atoms with Gasteiger partial charge < -0.3 is 4.74 Å². The number of nitrogens with zero attached hydrogens (tertiary/aromatic N) is 1. The Hall–Kier alpha value is -1.06. The Morgan fingerprint density at radius 3 is 2.59 bits per heavy atom. The molecule has 2 nitrogen and oxygen atoms in total. The first-order valence-electron chi connectivity index (χ1n) is 5.38. The van der Waals surface area contributed by atoms with E-state index >= 15 is 0 Å². The highest BCUT2D eigenvalue weighted by Gasteiger charge is 2.12. The van der Waals surface area contributed by atoms with Gasteiger partial charge in [-0.15, -0.1) is 22.9 Å². The molecule has 1 aromatic heterocycles. The van der Waals surface area contributed by atoms with Crippen LogP contribution in [0.3, 0.4) is 0 Å². The Labute approximate surface area is 110 Å². The van der Waals surface area contributed by atoms with E-state index in [1.54, 1.807) is 18.4 Å². The first-order chi connectivity index (χ1) is 8.19. The van der Waals surface area contributed by atoms with Crippen molar-refractivity contribution in [1.82, 2.24) is 4.98 Å². The summed E-state index contributed by atoms with van der Waals surface area (Å²) in [6.45, 7) is 1.99. The summed E-state index contributed by atoms with van der Waals surface area (Å²) in [5.41, 5.74) is 2.15. The van der Waals surface area contributed by atoms with Gasteiger partial charge in [0.25, 0.3) is 0 Å². The number of thiazole rings is 1. The summed E-state index contributed by atoms with van der Waals surface area (Å²) < 4.78 is 5.12. The lowest BCUT2D eigenvalue weighted by Gasteiger charge is -2.07. The minimum atomic E-state index is -0.0617. The van der Waals surface area contributed by atoms with Crippen LogP contribution in [0.1, 0.15) is 21.6 Å². The zero-order valence-electron chi connectivity index (χ0n) is 9.81. The molecule has 0 fully saturated rings. The van der Waals surface area contributed by atoms with Crippen molar-refractivity contribution in [2.75, 3.05) is 7.11 Å². The maximum atomic E-state index is 6.34. The molecule has 17 heavy (non-hydrogen) atoms. The summed E-state index contributed by atoms with van der Waals surface area (Å²) in [6.07, 6.45) is 0.786. The van der Waals surface area contributed by atoms with Gasteiger partial charge in [0.05, 0.1) is 23.2 Å². The SMILES string of the molecule is COc1ccc(CC(Cl)c2csc(C)n2)cc1. The van der Waals surface area contributed by atoms with E-state index < -0.39 is 0 Å². The molecule has 1 atom stereocenters. The first kappa shape index (κ1) is 12.4. The maximum Gasteiger partial charge on any atom is 0.118 e. The van der Waals surface area contributed by atoms with Crippen LogP contribution in [-0.4, -0.2) is 12.1 Å². The Kier molecular flexibility index (Phi) is 4.02. The Morgan fingerprint density at radius 1 is 1.35 bits per heavy atom. The number of halogens is 1. The Balaban J connectivity index is 2.04. The van der Waals surface area contributed by atoms with E-state index in [1.807, 2.05) is 36.6 Å². The molecule has 0 saturated carbocycles. The molecule has 0 amide bonds. The van der Waals surface area contributed by atoms with Crippen LogP contribution in [0.5, 0.6) is 5.75 Å². The van der Waals surface area contributed by atoms with Crippen LogP contribution >= 0.6 is 22.9 Å². The van der Waals surface area contributed by atoms with E-state index in [9.17, 15) is 0 Å². The number of methoxy groups -OCH3 is 1. The second-order valence-corrected chi connectivity index (χ2v) is 5.40. The van der Waals surface area contributed by atoms with Crippen LogP contribution in [0, 0.1) is 6.92 Å². The van der Waals surface area contributed by atoms with E-state index in [-0.39, 0.29) is 5.38 Å². The molecule has 1 aromatic carbocycles. The highest BCUT2D eigenvalue weighted by Crippen LogP contribution is 2.26. The van der Waals surface area contributed by atoms with Gasteiger partial charge in [-0.1, -0.05) is 12.1 Å². The van der Waals surface area contributed by atoms with E-state index in [2.05, 4.69) is 4.98 Å². The molecule has 0 saturated heterocycles. The predicted molar refractivity (Wildman–Crippen MR) is 72.1 cm³/mol. The molecule has 0 spiro atoms. The molecule has 0 aliphatic rings. The molecular weight excluding hydrogens is 254 g/mol. The lowest BCUT2D eigenvalue weighted by Crippen LogP contribution is -1.96. The average molecular weight is 268 g/mol. The van der Waals surface area contributed by atoms with Crippen molar-refractivity contribution in [2.24, 2.45) is 0 Å². The van der Waals surface area contributed by atoms with Crippen LogP contribution in [0.2, 0.25) is 0 Å². The van der Waals surface area contributed by atoms with Gasteiger partial charge in [0, 0.05) is 5.38 Å². The van der Waals surface area contributed by atoms with E-state index in [1.165, 1.54) is 5.56 Å². The number of aromatic nitrogens is 1. The molecule has 4 heteroatoms. The molecule has 0 aliphatic heterocycles. The molecular formula is C13H14ClNOS. The minimum absolute atomic E-state index is 0.0617. The highest BCUT2D eigenvalue weighted by atomic mass is 35.5. The lowest BCUT2D eigenvalue weighted by atomic mass is 10.1. The van der Waals surface area contributed by atoms with E-state index in [0.29, 0.717) is 0 Å². The molecule has 0 N–H and O–H groups in total. The van der Waals surface area contributed by atoms with Crippen molar-refractivity contribution < 1.29 is 4.74 Å². The number of rotatable bonds is 4. The standard InChI is InChI=1S/C13H14ClNOS/c1-9-15-13(8-17-9)12(14)7-10-3-5-11(16-2)6-4-10/h3-6,8,12H,7H2,1-2H3. The molecule has 0 bridgehead atoms. The van der Waals surface area contributed by atoms with Crippen molar-refractivity contribution in [3.63, 3.8) is 0 Å². The molecule has 0 aliphatic carbocycles. The zero-order valence-corrected chi connectivity index (χ0v) is 11.4. The van der Waals surface area contributed by atoms with Gasteiger partial charge >= 0.3 is 0 Å². The van der Waals surface area contributed by atoms with Crippen molar-refractivity contribution in [2.45, 2.75) is 18.7 Å². The molecule has 0 radical (unpaired) electrons. The minimum Gasteiger partial charge on any atom is -0.497 e. The molecule has 1 unspecified atom stereocenters. The van der Waals surface area contributed by atoms with Crippen molar-refractivity contribution >= 4 is 22.9 Å². The number of alkyl halides is 1. The lowest BCUT2D eigenvalue weighted by molar-refractivity contribution is 0.414. The molecule has 2 rings (SSSR count). The Morgan fingerprint density at radius 2 is 2.06 bits per heavy atom. The fraction of sp³-hybridized carbons (Fsp3) is 0.308. The number of hydrogen-bond acceptors (Lipinski definition) is 3. The van der Waals surface area contributed by atoms with Crippen LogP contribution < -0.4 is 4.74 Å². The van der Waals surface area contributed by atoms with E-state index in [4.69, 9.17) is 16.3 Å². The van der Waals surface area contributed by atoms with Gasteiger partial charge in [-0.2, -0.15) is 0 Å². The van der Waals surface area contributed by atoms with E-state index in [0.717, 1.165) is 22.9 Å². The van der Waals surface area contributed by atoms with Crippen LogP contribution in [0.25, 0.3) is 0 Å². The number of ether oxygens (including phenoxy) is 1. The Bertz CT molecular complexity index is 480. The number of hydrogen-bond donors (Lipinski definition) is 0. The topological polar surface area (TPSA) is 22.1 Å². The monoisotopic (exact) mass is 267 g/mol. The van der Waals surface area contributed by atoms with Gasteiger partial charge in [0.15, 0.2) is 0 Å². The summed E-state index contributed by atoms with van der Waals surface area (Å²) in [5.74, 6) is 0.865. The molecule has 2 aromatic rings. The fourth-order valence-corrected chi connectivity index (χ4v) is 2.63. The summed E-state index contributed by atoms with van der Waals surface area (Å²) in [7, 11) is 1.66. The predicted octanol–water partition coefficient (Wildman–Crippen LogP) is 3.98. The smallest absolute Gasteiger partial charge is 0.118 e. The zero-order chi connectivity index (χ0) is 12.3.